The van der Waals surface area contributed by atoms with Gasteiger partial charge in [0, 0.05) is 0 Å². The fraction of sp³-hybridized carbons (Fsp3) is 0.750. The molecule has 7 heteroatoms. The first kappa shape index (κ1) is 14.5. The minimum atomic E-state index is -5.45. The SMILES string of the molecule is [CH2-]CC(F)(F)C(F)(F)F.[Zn+][I]. The van der Waals surface area contributed by atoms with Gasteiger partial charge in [-0.25, -0.2) is 0 Å². The first-order chi connectivity index (χ1) is 4.81. The Kier molecular flexibility index (Phi) is 7.41. The molecule has 0 rings (SSSR count). The molecule has 0 aliphatic rings. The second-order valence-electron chi connectivity index (χ2n) is 1.45. The van der Waals surface area contributed by atoms with Crippen molar-refractivity contribution in [1.29, 1.82) is 0 Å². The molecule has 0 unspecified atom stereocenters. The molecule has 0 amide bonds. The van der Waals surface area contributed by atoms with Crippen molar-refractivity contribution in [3.8, 4) is 0 Å². The van der Waals surface area contributed by atoms with Crippen molar-refractivity contribution in [2.75, 3.05) is 0 Å². The van der Waals surface area contributed by atoms with Crippen LogP contribution in [0.3, 0.4) is 0 Å². The standard InChI is InChI=1S/C4H4F5.HI.Zn/c1-2-3(5,6)4(7,8)9;;/h1-2H2;1H;/q-1;;+2/p-1. The van der Waals surface area contributed by atoms with Crippen LogP contribution < -0.4 is 0 Å². The van der Waals surface area contributed by atoms with Gasteiger partial charge in [0.15, 0.2) is 0 Å². The molecular weight excluding hydrogens is 335 g/mol. The van der Waals surface area contributed by atoms with Crippen LogP contribution in [-0.4, -0.2) is 12.1 Å². The molecule has 0 atom stereocenters. The molecule has 0 aromatic rings. The van der Waals surface area contributed by atoms with Crippen molar-refractivity contribution in [2.24, 2.45) is 0 Å². The Morgan fingerprint density at radius 1 is 1.09 bits per heavy atom. The third-order valence-corrected chi connectivity index (χ3v) is 0.729. The van der Waals surface area contributed by atoms with Crippen LogP contribution in [0.1, 0.15) is 6.42 Å². The van der Waals surface area contributed by atoms with E-state index in [2.05, 4.69) is 26.7 Å². The van der Waals surface area contributed by atoms with Crippen molar-refractivity contribution in [3.05, 3.63) is 6.92 Å². The normalized spacial score (nSPS) is 12.1. The second kappa shape index (κ2) is 5.62. The quantitative estimate of drug-likeness (QED) is 0.298. The summed E-state index contributed by atoms with van der Waals surface area (Å²) in [5, 5.41) is 0. The summed E-state index contributed by atoms with van der Waals surface area (Å²) in [6.45, 7) is 2.45. The van der Waals surface area contributed by atoms with Crippen molar-refractivity contribution in [2.45, 2.75) is 18.5 Å². The minimum absolute atomic E-state index is 1.34. The molecule has 0 saturated carbocycles. The van der Waals surface area contributed by atoms with E-state index in [9.17, 15) is 22.0 Å². The third kappa shape index (κ3) is 5.28. The van der Waals surface area contributed by atoms with E-state index in [1.54, 1.807) is 0 Å². The molecule has 0 fully saturated rings. The molecule has 0 aliphatic carbocycles. The van der Waals surface area contributed by atoms with E-state index in [4.69, 9.17) is 0 Å². The summed E-state index contributed by atoms with van der Waals surface area (Å²) >= 11 is 3.62. The van der Waals surface area contributed by atoms with Gasteiger partial charge in [-0.2, -0.15) is 22.0 Å². The zero-order valence-corrected chi connectivity index (χ0v) is 10.5. The molecule has 0 aromatic heterocycles. The third-order valence-electron chi connectivity index (χ3n) is 0.729. The summed E-state index contributed by atoms with van der Waals surface area (Å²) in [6.07, 6.45) is -6.90. The number of halogens is 6. The van der Waals surface area contributed by atoms with Crippen molar-refractivity contribution in [3.63, 3.8) is 0 Å². The Hall–Kier alpha value is 1.00. The fourth-order valence-corrected chi connectivity index (χ4v) is 0.142. The van der Waals surface area contributed by atoms with Gasteiger partial charge in [-0.1, -0.05) is 0 Å². The van der Waals surface area contributed by atoms with E-state index in [0.717, 1.165) is 0 Å². The molecular formula is C4H4F5IZn. The zero-order chi connectivity index (χ0) is 9.71. The second-order valence-corrected chi connectivity index (χ2v) is 1.45. The maximum absolute atomic E-state index is 11.5. The Morgan fingerprint density at radius 2 is 1.36 bits per heavy atom. The van der Waals surface area contributed by atoms with E-state index in [1.165, 1.54) is 14.8 Å². The van der Waals surface area contributed by atoms with Gasteiger partial charge in [0.2, 0.25) is 0 Å². The van der Waals surface area contributed by atoms with Crippen LogP contribution in [0.4, 0.5) is 22.0 Å². The summed E-state index contributed by atoms with van der Waals surface area (Å²) in [5.74, 6) is -4.63. The fourth-order valence-electron chi connectivity index (χ4n) is 0.142. The molecule has 0 bridgehead atoms. The van der Waals surface area contributed by atoms with Gasteiger partial charge < -0.3 is 6.92 Å². The van der Waals surface area contributed by atoms with E-state index < -0.39 is 18.5 Å². The zero-order valence-electron chi connectivity index (χ0n) is 5.39. The van der Waals surface area contributed by atoms with E-state index in [1.807, 2.05) is 0 Å². The molecule has 0 heterocycles. The van der Waals surface area contributed by atoms with Crippen LogP contribution in [-0.2, 0) is 14.8 Å². The van der Waals surface area contributed by atoms with Crippen molar-refractivity contribution < 1.29 is 36.7 Å². The van der Waals surface area contributed by atoms with Crippen LogP contribution in [0, 0.1) is 6.92 Å². The van der Waals surface area contributed by atoms with Crippen LogP contribution in [0.2, 0.25) is 0 Å². The Balaban J connectivity index is 0. The molecule has 11 heavy (non-hydrogen) atoms. The van der Waals surface area contributed by atoms with E-state index in [-0.39, 0.29) is 0 Å². The Bertz CT molecular complexity index is 101. The van der Waals surface area contributed by atoms with E-state index in [0.29, 0.717) is 0 Å². The predicted molar refractivity (Wildman–Crippen MR) is 35.0 cm³/mol. The Morgan fingerprint density at radius 3 is 1.36 bits per heavy atom. The first-order valence-corrected chi connectivity index (χ1v) is 11.4. The Labute approximate surface area is 81.8 Å². The van der Waals surface area contributed by atoms with Gasteiger partial charge in [-0.15, -0.1) is 6.42 Å². The number of hydrogen-bond donors (Lipinski definition) is 0. The predicted octanol–water partition coefficient (Wildman–Crippen LogP) is 3.29. The number of rotatable bonds is 1. The molecule has 0 saturated heterocycles. The molecule has 0 spiro atoms. The van der Waals surface area contributed by atoms with Gasteiger partial charge in [-0.3, -0.25) is 0 Å². The summed E-state index contributed by atoms with van der Waals surface area (Å²) < 4.78 is 56.1. The molecule has 0 N–H and O–H groups in total. The molecule has 0 nitrogen and oxygen atoms in total. The van der Waals surface area contributed by atoms with Crippen LogP contribution in [0.25, 0.3) is 0 Å². The molecule has 0 aliphatic heterocycles. The topological polar surface area (TPSA) is 0 Å². The number of hydrogen-bond acceptors (Lipinski definition) is 0. The van der Waals surface area contributed by atoms with Crippen LogP contribution in [0.15, 0.2) is 0 Å². The molecule has 0 aromatic carbocycles. The monoisotopic (exact) mass is 338 g/mol. The van der Waals surface area contributed by atoms with Gasteiger partial charge >= 0.3 is 46.6 Å². The van der Waals surface area contributed by atoms with Gasteiger partial charge in [0.1, 0.15) is 0 Å². The van der Waals surface area contributed by atoms with Gasteiger partial charge in [0.25, 0.3) is 0 Å². The summed E-state index contributed by atoms with van der Waals surface area (Å²) in [6, 6.07) is 0. The van der Waals surface area contributed by atoms with E-state index >= 15 is 0 Å². The van der Waals surface area contributed by atoms with Crippen molar-refractivity contribution >= 4 is 19.8 Å². The van der Waals surface area contributed by atoms with Gasteiger partial charge in [0.05, 0.1) is 0 Å². The summed E-state index contributed by atoms with van der Waals surface area (Å²) in [4.78, 5) is 0. The average molecular weight is 339 g/mol. The summed E-state index contributed by atoms with van der Waals surface area (Å²) in [7, 11) is 0. The van der Waals surface area contributed by atoms with Crippen molar-refractivity contribution in [1.82, 2.24) is 0 Å². The molecule has 0 radical (unpaired) electrons. The van der Waals surface area contributed by atoms with Gasteiger partial charge in [-0.05, 0) is 0 Å². The molecule has 64 valence electrons. The maximum atomic E-state index is 11.5. The first-order valence-electron chi connectivity index (χ1n) is 2.32. The number of alkyl halides is 5. The van der Waals surface area contributed by atoms with Crippen LogP contribution in [0.5, 0.6) is 0 Å². The summed E-state index contributed by atoms with van der Waals surface area (Å²) in [5.41, 5.74) is 0. The average Bonchev–Trinajstić information content (AvgIpc) is 1.90. The van der Waals surface area contributed by atoms with Crippen LogP contribution >= 0.6 is 19.8 Å².